The summed E-state index contributed by atoms with van der Waals surface area (Å²) in [6, 6.07) is 84.0. The van der Waals surface area contributed by atoms with Crippen LogP contribution in [0, 0.1) is 0 Å². The van der Waals surface area contributed by atoms with E-state index in [9.17, 15) is 0 Å². The van der Waals surface area contributed by atoms with Gasteiger partial charge in [0.05, 0.1) is 0 Å². The lowest BCUT2D eigenvalue weighted by molar-refractivity contribution is 0.669. The SMILES string of the molecule is c1ccc(-c2ccc3c(-c4ccc(-c5cccc6ccccc56)cc4)c4cc(-c5ccccc5)ccc4c(-c4ccc(-c5ccc6oc7ccccc7c6c5)cc4)c3c2)cc1. The zero-order valence-corrected chi connectivity index (χ0v) is 33.3. The zero-order valence-electron chi connectivity index (χ0n) is 33.3. The van der Waals surface area contributed by atoms with Gasteiger partial charge < -0.3 is 4.42 Å². The van der Waals surface area contributed by atoms with Gasteiger partial charge in [-0.1, -0.05) is 200 Å². The van der Waals surface area contributed by atoms with Crippen molar-refractivity contribution in [1.82, 2.24) is 0 Å². The van der Waals surface area contributed by atoms with E-state index in [0.29, 0.717) is 0 Å². The lowest BCUT2D eigenvalue weighted by atomic mass is 9.83. The number of hydrogen-bond donors (Lipinski definition) is 0. The normalized spacial score (nSPS) is 11.6. The minimum absolute atomic E-state index is 0.909. The van der Waals surface area contributed by atoms with Crippen molar-refractivity contribution in [3.8, 4) is 66.8 Å². The van der Waals surface area contributed by atoms with Crippen LogP contribution >= 0.6 is 0 Å². The van der Waals surface area contributed by atoms with Crippen LogP contribution in [0.5, 0.6) is 0 Å². The smallest absolute Gasteiger partial charge is 0.135 e. The van der Waals surface area contributed by atoms with Crippen molar-refractivity contribution >= 4 is 54.3 Å². The van der Waals surface area contributed by atoms with Crippen LogP contribution in [0.1, 0.15) is 0 Å². The predicted molar refractivity (Wildman–Crippen MR) is 259 cm³/mol. The van der Waals surface area contributed by atoms with Gasteiger partial charge in [0.15, 0.2) is 0 Å². The Hall–Kier alpha value is -8.00. The molecule has 0 amide bonds. The lowest BCUT2D eigenvalue weighted by Crippen LogP contribution is -1.93. The zero-order chi connectivity index (χ0) is 40.3. The van der Waals surface area contributed by atoms with E-state index >= 15 is 0 Å². The highest BCUT2D eigenvalue weighted by Crippen LogP contribution is 2.47. The second-order valence-electron chi connectivity index (χ2n) is 16.0. The molecule has 0 bridgehead atoms. The number of hydrogen-bond acceptors (Lipinski definition) is 1. The third kappa shape index (κ3) is 6.02. The first-order chi connectivity index (χ1) is 30.2. The van der Waals surface area contributed by atoms with Gasteiger partial charge in [-0.25, -0.2) is 0 Å². The molecule has 12 rings (SSSR count). The first kappa shape index (κ1) is 35.0. The molecule has 0 spiro atoms. The van der Waals surface area contributed by atoms with E-state index in [4.69, 9.17) is 4.42 Å². The Bertz CT molecular complexity index is 3590. The van der Waals surface area contributed by atoms with Gasteiger partial charge in [-0.3, -0.25) is 0 Å². The fourth-order valence-electron chi connectivity index (χ4n) is 9.50. The molecule has 1 heterocycles. The van der Waals surface area contributed by atoms with Crippen LogP contribution < -0.4 is 0 Å². The lowest BCUT2D eigenvalue weighted by Gasteiger charge is -2.20. The average molecular weight is 775 g/mol. The van der Waals surface area contributed by atoms with Gasteiger partial charge in [-0.05, 0) is 129 Å². The molecule has 0 N–H and O–H groups in total. The highest BCUT2D eigenvalue weighted by molar-refractivity contribution is 6.22. The molecular weight excluding hydrogens is 737 g/mol. The van der Waals surface area contributed by atoms with Gasteiger partial charge in [0.2, 0.25) is 0 Å². The van der Waals surface area contributed by atoms with Crippen molar-refractivity contribution in [1.29, 1.82) is 0 Å². The summed E-state index contributed by atoms with van der Waals surface area (Å²) >= 11 is 0. The van der Waals surface area contributed by atoms with Gasteiger partial charge in [-0.15, -0.1) is 0 Å². The van der Waals surface area contributed by atoms with Crippen LogP contribution in [0.15, 0.2) is 235 Å². The maximum absolute atomic E-state index is 6.16. The summed E-state index contributed by atoms with van der Waals surface area (Å²) in [7, 11) is 0. The van der Waals surface area contributed by atoms with E-state index < -0.39 is 0 Å². The molecule has 1 aromatic heterocycles. The van der Waals surface area contributed by atoms with Gasteiger partial charge >= 0.3 is 0 Å². The summed E-state index contributed by atoms with van der Waals surface area (Å²) in [6.45, 7) is 0. The van der Waals surface area contributed by atoms with Crippen LogP contribution in [-0.4, -0.2) is 0 Å². The molecule has 0 aliphatic carbocycles. The van der Waals surface area contributed by atoms with Gasteiger partial charge in [0.25, 0.3) is 0 Å². The Morgan fingerprint density at radius 1 is 0.213 bits per heavy atom. The Labute approximate surface area is 354 Å². The molecule has 0 aliphatic heterocycles. The molecule has 12 aromatic rings. The molecule has 0 saturated heterocycles. The quantitative estimate of drug-likeness (QED) is 0.153. The van der Waals surface area contributed by atoms with Crippen LogP contribution in [-0.2, 0) is 0 Å². The van der Waals surface area contributed by atoms with Crippen molar-refractivity contribution in [2.45, 2.75) is 0 Å². The second kappa shape index (κ2) is 14.4. The summed E-state index contributed by atoms with van der Waals surface area (Å²) in [5, 5.41) is 9.71. The van der Waals surface area contributed by atoms with Crippen LogP contribution in [0.25, 0.3) is 121 Å². The molecule has 0 atom stereocenters. The number of furan rings is 1. The molecule has 1 heteroatoms. The van der Waals surface area contributed by atoms with E-state index in [2.05, 4.69) is 218 Å². The largest absolute Gasteiger partial charge is 0.456 e. The van der Waals surface area contributed by atoms with Crippen molar-refractivity contribution in [3.05, 3.63) is 231 Å². The topological polar surface area (TPSA) is 13.1 Å². The standard InChI is InChI=1S/C60H38O/c1-3-12-39(13-4-1)46-31-34-53-55(37-46)59(44-26-22-41(23-27-44)48-32-35-58-54(36-48)51-19-9-10-21-57(51)61-58)52-33-30-47(40-14-5-2-6-15-40)38-56(52)60(53)45-28-24-43(25-29-45)50-20-11-17-42-16-7-8-18-49(42)50/h1-38H. The van der Waals surface area contributed by atoms with E-state index in [1.165, 1.54) is 99.1 Å². The van der Waals surface area contributed by atoms with E-state index in [1.807, 2.05) is 12.1 Å². The van der Waals surface area contributed by atoms with Crippen LogP contribution in [0.4, 0.5) is 0 Å². The molecule has 0 radical (unpaired) electrons. The van der Waals surface area contributed by atoms with Crippen molar-refractivity contribution < 1.29 is 4.42 Å². The van der Waals surface area contributed by atoms with E-state index in [0.717, 1.165) is 21.9 Å². The van der Waals surface area contributed by atoms with Gasteiger partial charge in [-0.2, -0.15) is 0 Å². The molecule has 284 valence electrons. The molecular formula is C60H38O. The number of para-hydroxylation sites is 1. The molecule has 0 fully saturated rings. The summed E-state index contributed by atoms with van der Waals surface area (Å²) in [5.41, 5.74) is 16.3. The number of rotatable bonds is 6. The highest BCUT2D eigenvalue weighted by Gasteiger charge is 2.19. The molecule has 0 aliphatic rings. The maximum Gasteiger partial charge on any atom is 0.135 e. The molecule has 0 saturated carbocycles. The predicted octanol–water partition coefficient (Wildman–Crippen LogP) is 17.0. The van der Waals surface area contributed by atoms with E-state index in [-0.39, 0.29) is 0 Å². The Kier molecular flexibility index (Phi) is 8.25. The summed E-state index contributed by atoms with van der Waals surface area (Å²) in [4.78, 5) is 0. The van der Waals surface area contributed by atoms with Crippen LogP contribution in [0.3, 0.4) is 0 Å². The molecule has 11 aromatic carbocycles. The number of fused-ring (bicyclic) bond motifs is 6. The molecule has 61 heavy (non-hydrogen) atoms. The maximum atomic E-state index is 6.16. The summed E-state index contributed by atoms with van der Waals surface area (Å²) in [5.74, 6) is 0. The molecule has 0 unspecified atom stereocenters. The summed E-state index contributed by atoms with van der Waals surface area (Å²) in [6.07, 6.45) is 0. The van der Waals surface area contributed by atoms with Gasteiger partial charge in [0.1, 0.15) is 11.2 Å². The second-order valence-corrected chi connectivity index (χ2v) is 16.0. The van der Waals surface area contributed by atoms with Gasteiger partial charge in [0, 0.05) is 10.8 Å². The third-order valence-electron chi connectivity index (χ3n) is 12.5. The monoisotopic (exact) mass is 774 g/mol. The molecule has 1 nitrogen and oxygen atoms in total. The van der Waals surface area contributed by atoms with Crippen LogP contribution in [0.2, 0.25) is 0 Å². The fourth-order valence-corrected chi connectivity index (χ4v) is 9.50. The number of benzene rings is 11. The summed E-state index contributed by atoms with van der Waals surface area (Å²) < 4.78 is 6.16. The first-order valence-electron chi connectivity index (χ1n) is 21.0. The fraction of sp³-hybridized carbons (Fsp3) is 0. The Morgan fingerprint density at radius 3 is 1.26 bits per heavy atom. The first-order valence-corrected chi connectivity index (χ1v) is 21.0. The average Bonchev–Trinajstić information content (AvgIpc) is 3.71. The van der Waals surface area contributed by atoms with Crippen molar-refractivity contribution in [2.24, 2.45) is 0 Å². The minimum atomic E-state index is 0.909. The Balaban J connectivity index is 1.08. The Morgan fingerprint density at radius 2 is 0.639 bits per heavy atom. The third-order valence-corrected chi connectivity index (χ3v) is 12.5. The minimum Gasteiger partial charge on any atom is -0.456 e. The van der Waals surface area contributed by atoms with Crippen molar-refractivity contribution in [3.63, 3.8) is 0 Å². The highest BCUT2D eigenvalue weighted by atomic mass is 16.3. The van der Waals surface area contributed by atoms with E-state index in [1.54, 1.807) is 0 Å². The van der Waals surface area contributed by atoms with Crippen molar-refractivity contribution in [2.75, 3.05) is 0 Å².